The maximum Gasteiger partial charge on any atom is 0.186 e. The molecule has 0 aliphatic rings. The number of rotatable bonds is 9. The zero-order valence-electron chi connectivity index (χ0n) is 12.3. The average Bonchev–Trinajstić information content (AvgIpc) is 2.22. The van der Waals surface area contributed by atoms with Crippen LogP contribution in [0.25, 0.3) is 0 Å². The molecule has 0 N–H and O–H groups in total. The molecule has 0 saturated carbocycles. The Bertz CT molecular complexity index is 169. The Hall–Kier alpha value is 0.394. The van der Waals surface area contributed by atoms with Crippen LogP contribution in [0, 0.1) is 0 Å². The lowest BCUT2D eigenvalue weighted by Crippen LogP contribution is -2.29. The zero-order chi connectivity index (χ0) is 12.6. The highest BCUT2D eigenvalue weighted by Crippen LogP contribution is 2.22. The summed E-state index contributed by atoms with van der Waals surface area (Å²) in [6.45, 7) is 15.2. The predicted molar refractivity (Wildman–Crippen MR) is 80.7 cm³/mol. The largest absolute Gasteiger partial charge is 0.417 e. The Labute approximate surface area is 106 Å². The number of hydrogen-bond acceptors (Lipinski definition) is 1. The second-order valence-electron chi connectivity index (χ2n) is 5.87. The predicted octanol–water partition coefficient (Wildman–Crippen LogP) is 4.67. The highest BCUT2D eigenvalue weighted by atomic mass is 28.4. The van der Waals surface area contributed by atoms with Crippen molar-refractivity contribution in [3.8, 4) is 0 Å². The third-order valence-corrected chi connectivity index (χ3v) is 9.16. The van der Waals surface area contributed by atoms with Crippen LogP contribution < -0.4 is 0 Å². The fourth-order valence-corrected chi connectivity index (χ4v) is 4.71. The minimum atomic E-state index is -1.28. The Balaban J connectivity index is 3.53. The van der Waals surface area contributed by atoms with Gasteiger partial charge in [0.25, 0.3) is 0 Å². The SMILES string of the molecule is CCC(CCCCO[Si](C)(C)CC)[SiH](C)C. The molecule has 0 aromatic heterocycles. The molecule has 0 fully saturated rings. The number of hydrogen-bond donors (Lipinski definition) is 0. The molecule has 1 atom stereocenters. The van der Waals surface area contributed by atoms with E-state index in [2.05, 4.69) is 40.0 Å². The molecule has 0 rings (SSSR count). The average molecular weight is 261 g/mol. The number of unbranched alkanes of at least 4 members (excludes halogenated alkanes) is 1. The van der Waals surface area contributed by atoms with E-state index in [-0.39, 0.29) is 0 Å². The lowest BCUT2D eigenvalue weighted by Gasteiger charge is -2.21. The molecule has 0 aromatic carbocycles. The standard InChI is InChI=1S/C13H32OSi2/c1-7-13(15(3)4)11-9-10-12-14-16(5,6)8-2/h13,15H,7-12H2,1-6H3. The van der Waals surface area contributed by atoms with Gasteiger partial charge in [-0.1, -0.05) is 46.2 Å². The van der Waals surface area contributed by atoms with Gasteiger partial charge in [-0.2, -0.15) is 0 Å². The smallest absolute Gasteiger partial charge is 0.186 e. The van der Waals surface area contributed by atoms with Crippen molar-refractivity contribution in [2.45, 2.75) is 77.3 Å². The first-order chi connectivity index (χ1) is 7.43. The monoisotopic (exact) mass is 260 g/mol. The molecule has 1 nitrogen and oxygen atoms in total. The summed E-state index contributed by atoms with van der Waals surface area (Å²) in [4.78, 5) is 0. The molecular formula is C13H32OSi2. The summed E-state index contributed by atoms with van der Waals surface area (Å²) in [5, 5.41) is 0. The Morgan fingerprint density at radius 2 is 1.75 bits per heavy atom. The summed E-state index contributed by atoms with van der Waals surface area (Å²) in [5.41, 5.74) is 1.05. The highest BCUT2D eigenvalue weighted by Gasteiger charge is 2.18. The molecule has 0 radical (unpaired) electrons. The van der Waals surface area contributed by atoms with Crippen LogP contribution in [0.4, 0.5) is 0 Å². The van der Waals surface area contributed by atoms with Gasteiger partial charge in [0, 0.05) is 15.4 Å². The molecule has 0 saturated heterocycles. The van der Waals surface area contributed by atoms with Gasteiger partial charge >= 0.3 is 0 Å². The van der Waals surface area contributed by atoms with Crippen LogP contribution >= 0.6 is 0 Å². The van der Waals surface area contributed by atoms with E-state index in [0.29, 0.717) is 0 Å². The normalized spacial score (nSPS) is 14.4. The lowest BCUT2D eigenvalue weighted by atomic mass is 10.1. The van der Waals surface area contributed by atoms with Crippen LogP contribution in [0.15, 0.2) is 0 Å². The lowest BCUT2D eigenvalue weighted by molar-refractivity contribution is 0.295. The van der Waals surface area contributed by atoms with E-state index >= 15 is 0 Å². The van der Waals surface area contributed by atoms with Crippen molar-refractivity contribution < 1.29 is 4.43 Å². The van der Waals surface area contributed by atoms with Crippen LogP contribution in [0.5, 0.6) is 0 Å². The molecule has 98 valence electrons. The van der Waals surface area contributed by atoms with E-state index in [1.54, 1.807) is 0 Å². The summed E-state index contributed by atoms with van der Waals surface area (Å²) in [6.07, 6.45) is 5.48. The molecule has 0 spiro atoms. The van der Waals surface area contributed by atoms with Gasteiger partial charge in [0.15, 0.2) is 8.32 Å². The van der Waals surface area contributed by atoms with Gasteiger partial charge in [0.2, 0.25) is 0 Å². The molecule has 0 amide bonds. The molecule has 0 heterocycles. The summed E-state index contributed by atoms with van der Waals surface area (Å²) in [5.74, 6) is 0. The summed E-state index contributed by atoms with van der Waals surface area (Å²) >= 11 is 0. The van der Waals surface area contributed by atoms with Gasteiger partial charge in [-0.25, -0.2) is 0 Å². The third kappa shape index (κ3) is 7.63. The van der Waals surface area contributed by atoms with Crippen LogP contribution in [0.1, 0.15) is 39.5 Å². The van der Waals surface area contributed by atoms with Gasteiger partial charge in [-0.05, 0) is 31.1 Å². The summed E-state index contributed by atoms with van der Waals surface area (Å²) in [7, 11) is -1.68. The van der Waals surface area contributed by atoms with Gasteiger partial charge in [-0.15, -0.1) is 0 Å². The van der Waals surface area contributed by atoms with Crippen molar-refractivity contribution in [3.05, 3.63) is 0 Å². The van der Waals surface area contributed by atoms with Crippen LogP contribution in [-0.4, -0.2) is 23.7 Å². The molecule has 0 bridgehead atoms. The van der Waals surface area contributed by atoms with Crippen molar-refractivity contribution in [1.29, 1.82) is 0 Å². The molecule has 3 heteroatoms. The fraction of sp³-hybridized carbons (Fsp3) is 1.00. The Morgan fingerprint density at radius 3 is 2.19 bits per heavy atom. The van der Waals surface area contributed by atoms with Gasteiger partial charge in [0.05, 0.1) is 0 Å². The van der Waals surface area contributed by atoms with E-state index in [1.165, 1.54) is 31.7 Å². The molecule has 0 aliphatic heterocycles. The van der Waals surface area contributed by atoms with E-state index in [9.17, 15) is 0 Å². The first kappa shape index (κ1) is 16.4. The van der Waals surface area contributed by atoms with Crippen molar-refractivity contribution >= 4 is 17.1 Å². The van der Waals surface area contributed by atoms with Crippen LogP contribution in [-0.2, 0) is 4.43 Å². The maximum atomic E-state index is 6.00. The highest BCUT2D eigenvalue weighted by molar-refractivity contribution is 6.71. The summed E-state index contributed by atoms with van der Waals surface area (Å²) in [6, 6.07) is 1.24. The second kappa shape index (κ2) is 8.48. The topological polar surface area (TPSA) is 9.23 Å². The van der Waals surface area contributed by atoms with E-state index < -0.39 is 17.1 Å². The van der Waals surface area contributed by atoms with Crippen molar-refractivity contribution in [1.82, 2.24) is 0 Å². The third-order valence-electron chi connectivity index (χ3n) is 3.78. The maximum absolute atomic E-state index is 6.00. The Morgan fingerprint density at radius 1 is 1.12 bits per heavy atom. The van der Waals surface area contributed by atoms with E-state index in [4.69, 9.17) is 4.43 Å². The van der Waals surface area contributed by atoms with Gasteiger partial charge in [-0.3, -0.25) is 0 Å². The quantitative estimate of drug-likeness (QED) is 0.432. The Kier molecular flexibility index (Phi) is 8.69. The van der Waals surface area contributed by atoms with E-state index in [0.717, 1.165) is 12.1 Å². The van der Waals surface area contributed by atoms with Crippen molar-refractivity contribution in [3.63, 3.8) is 0 Å². The van der Waals surface area contributed by atoms with Crippen molar-refractivity contribution in [2.24, 2.45) is 0 Å². The second-order valence-corrected chi connectivity index (χ2v) is 13.8. The molecule has 0 aromatic rings. The first-order valence-electron chi connectivity index (χ1n) is 7.07. The molecule has 16 heavy (non-hydrogen) atoms. The van der Waals surface area contributed by atoms with Crippen LogP contribution in [0.2, 0.25) is 37.8 Å². The fourth-order valence-electron chi connectivity index (χ4n) is 1.97. The molecular weight excluding hydrogens is 228 g/mol. The molecule has 1 unspecified atom stereocenters. The molecule has 0 aliphatic carbocycles. The van der Waals surface area contributed by atoms with Crippen LogP contribution in [0.3, 0.4) is 0 Å². The van der Waals surface area contributed by atoms with E-state index in [1.807, 2.05) is 0 Å². The minimum absolute atomic E-state index is 0.409. The van der Waals surface area contributed by atoms with Gasteiger partial charge in [0.1, 0.15) is 0 Å². The zero-order valence-corrected chi connectivity index (χ0v) is 14.5. The summed E-state index contributed by atoms with van der Waals surface area (Å²) < 4.78 is 6.00. The van der Waals surface area contributed by atoms with Gasteiger partial charge < -0.3 is 4.43 Å². The first-order valence-corrected chi connectivity index (χ1v) is 13.2. The minimum Gasteiger partial charge on any atom is -0.417 e. The van der Waals surface area contributed by atoms with Crippen molar-refractivity contribution in [2.75, 3.05) is 6.61 Å².